The van der Waals surface area contributed by atoms with Crippen LogP contribution in [0.15, 0.2) is 26.9 Å². The van der Waals surface area contributed by atoms with Crippen molar-refractivity contribution >= 4 is 29.5 Å². The Morgan fingerprint density at radius 2 is 1.93 bits per heavy atom. The van der Waals surface area contributed by atoms with E-state index in [1.165, 1.54) is 20.2 Å². The minimum Gasteiger partial charge on any atom is -0.392 e. The number of rotatable bonds is 3. The van der Waals surface area contributed by atoms with Crippen LogP contribution in [0.2, 0.25) is 5.02 Å². The molecule has 11 heteroatoms. The fourth-order valence-electron chi connectivity index (χ4n) is 2.72. The highest BCUT2D eigenvalue weighted by Crippen LogP contribution is 2.31. The molecule has 0 saturated heterocycles. The number of oxime groups is 1. The molecule has 1 aromatic carbocycles. The summed E-state index contributed by atoms with van der Waals surface area (Å²) in [7, 11) is 2.77. The molecule has 8 nitrogen and oxygen atoms in total. The predicted molar refractivity (Wildman–Crippen MR) is 99.8 cm³/mol. The van der Waals surface area contributed by atoms with Gasteiger partial charge in [-0.2, -0.15) is 0 Å². The van der Waals surface area contributed by atoms with Gasteiger partial charge < -0.3 is 9.94 Å². The van der Waals surface area contributed by atoms with Crippen LogP contribution in [0, 0.1) is 10.6 Å². The van der Waals surface area contributed by atoms with Gasteiger partial charge in [-0.15, -0.1) is 0 Å². The number of aliphatic hydroxyl groups is 1. The van der Waals surface area contributed by atoms with E-state index < -0.39 is 22.8 Å². The van der Waals surface area contributed by atoms with Crippen molar-refractivity contribution in [1.82, 2.24) is 13.7 Å². The summed E-state index contributed by atoms with van der Waals surface area (Å²) in [4.78, 5) is 30.3. The van der Waals surface area contributed by atoms with E-state index in [2.05, 4.69) is 5.16 Å². The summed E-state index contributed by atoms with van der Waals surface area (Å²) in [6, 6.07) is 2.26. The molecule has 0 saturated carbocycles. The monoisotopic (exact) mass is 414 g/mol. The molecule has 0 amide bonds. The Bertz CT molecular complexity index is 1110. The maximum Gasteiger partial charge on any atom is 0.338 e. The molecule has 1 aliphatic rings. The van der Waals surface area contributed by atoms with Crippen molar-refractivity contribution in [2.75, 3.05) is 6.61 Å². The van der Waals surface area contributed by atoms with Gasteiger partial charge in [0.1, 0.15) is 5.82 Å². The van der Waals surface area contributed by atoms with E-state index in [0.29, 0.717) is 15.8 Å². The minimum absolute atomic E-state index is 0.00289. The highest BCUT2D eigenvalue weighted by Gasteiger charge is 2.35. The minimum atomic E-state index is -0.920. The number of nitrogens with zero attached hydrogens (tertiary/aromatic N) is 4. The van der Waals surface area contributed by atoms with Crippen LogP contribution >= 0.6 is 23.8 Å². The Kier molecular flexibility index (Phi) is 4.83. The maximum atomic E-state index is 14.6. The zero-order valence-electron chi connectivity index (χ0n) is 14.7. The highest BCUT2D eigenvalue weighted by atomic mass is 35.5. The quantitative estimate of drug-likeness (QED) is 0.764. The van der Waals surface area contributed by atoms with Crippen LogP contribution in [-0.4, -0.2) is 36.7 Å². The smallest absolute Gasteiger partial charge is 0.338 e. The first kappa shape index (κ1) is 19.5. The summed E-state index contributed by atoms with van der Waals surface area (Å²) >= 11 is 11.2. The van der Waals surface area contributed by atoms with Gasteiger partial charge >= 0.3 is 11.4 Å². The molecule has 144 valence electrons. The van der Waals surface area contributed by atoms with E-state index in [9.17, 15) is 19.1 Å². The van der Waals surface area contributed by atoms with Crippen LogP contribution < -0.4 is 11.4 Å². The fourth-order valence-corrected chi connectivity index (χ4v) is 3.14. The zero-order chi connectivity index (χ0) is 20.1. The van der Waals surface area contributed by atoms with Crippen LogP contribution in [0.4, 0.5) is 4.39 Å². The van der Waals surface area contributed by atoms with Gasteiger partial charge in [0.05, 0.1) is 23.0 Å². The zero-order valence-corrected chi connectivity index (χ0v) is 16.3. The van der Waals surface area contributed by atoms with E-state index in [4.69, 9.17) is 28.7 Å². The van der Waals surface area contributed by atoms with E-state index in [1.807, 2.05) is 0 Å². The number of hydrogen-bond acceptors (Lipinski definition) is 6. The molecule has 1 atom stereocenters. The topological polar surface area (TPSA) is 90.8 Å². The molecule has 0 fully saturated rings. The third kappa shape index (κ3) is 3.13. The van der Waals surface area contributed by atoms with Gasteiger partial charge in [-0.25, -0.2) is 18.5 Å². The normalized spacial score (nSPS) is 19.1. The summed E-state index contributed by atoms with van der Waals surface area (Å²) in [5.41, 5.74) is -2.13. The third-order valence-electron chi connectivity index (χ3n) is 4.37. The number of halogens is 2. The van der Waals surface area contributed by atoms with Gasteiger partial charge in [-0.05, 0) is 31.3 Å². The van der Waals surface area contributed by atoms with E-state index in [0.717, 1.165) is 15.2 Å². The first-order valence-corrected chi connectivity index (χ1v) is 8.63. The van der Waals surface area contributed by atoms with E-state index >= 15 is 0 Å². The van der Waals surface area contributed by atoms with Gasteiger partial charge in [0.25, 0.3) is 0 Å². The summed E-state index contributed by atoms with van der Waals surface area (Å²) < 4.78 is 17.4. The van der Waals surface area contributed by atoms with Crippen molar-refractivity contribution in [3.8, 4) is 5.69 Å². The number of aromatic nitrogens is 3. The predicted octanol–water partition coefficient (Wildman–Crippen LogP) is 1.27. The Balaban J connectivity index is 2.25. The van der Waals surface area contributed by atoms with Crippen molar-refractivity contribution in [3.63, 3.8) is 0 Å². The Morgan fingerprint density at radius 3 is 2.44 bits per heavy atom. The highest BCUT2D eigenvalue weighted by molar-refractivity contribution is 7.71. The van der Waals surface area contributed by atoms with Crippen LogP contribution in [0.25, 0.3) is 5.69 Å². The number of aliphatic hydroxyl groups excluding tert-OH is 1. The fraction of sp³-hybridized carbons (Fsp3) is 0.375. The Labute approximate surface area is 162 Å². The average Bonchev–Trinajstić information content (AvgIpc) is 3.03. The van der Waals surface area contributed by atoms with Crippen molar-refractivity contribution in [2.45, 2.75) is 18.9 Å². The average molecular weight is 415 g/mol. The molecule has 1 unspecified atom stereocenters. The molecule has 1 aliphatic heterocycles. The third-order valence-corrected chi connectivity index (χ3v) is 5.23. The summed E-state index contributed by atoms with van der Waals surface area (Å²) in [6.45, 7) is 1.38. The molecule has 2 heterocycles. The van der Waals surface area contributed by atoms with Gasteiger partial charge in [-0.3, -0.25) is 9.13 Å². The van der Waals surface area contributed by atoms with Gasteiger partial charge in [-0.1, -0.05) is 16.8 Å². The molecule has 1 N–H and O–H groups in total. The second-order valence-electron chi connectivity index (χ2n) is 6.50. The molecular weight excluding hydrogens is 399 g/mol. The second-order valence-corrected chi connectivity index (χ2v) is 7.27. The second kappa shape index (κ2) is 6.70. The van der Waals surface area contributed by atoms with Crippen molar-refractivity contribution < 1.29 is 14.3 Å². The molecular formula is C16H16ClFN4O4S. The van der Waals surface area contributed by atoms with Crippen molar-refractivity contribution in [3.05, 3.63) is 54.3 Å². The molecule has 2 aromatic rings. The lowest BCUT2D eigenvalue weighted by Gasteiger charge is -2.17. The molecule has 0 spiro atoms. The van der Waals surface area contributed by atoms with Crippen LogP contribution in [0.5, 0.6) is 0 Å². The summed E-state index contributed by atoms with van der Waals surface area (Å²) in [5, 5.41) is 13.3. The summed E-state index contributed by atoms with van der Waals surface area (Å²) in [6.07, 6.45) is 0.222. The molecule has 3 rings (SSSR count). The van der Waals surface area contributed by atoms with Crippen LogP contribution in [-0.2, 0) is 18.9 Å². The maximum absolute atomic E-state index is 14.6. The first-order chi connectivity index (χ1) is 12.6. The first-order valence-electron chi connectivity index (χ1n) is 7.84. The Morgan fingerprint density at radius 1 is 1.33 bits per heavy atom. The van der Waals surface area contributed by atoms with Gasteiger partial charge in [0, 0.05) is 26.1 Å². The molecule has 0 radical (unpaired) electrons. The Hall–Kier alpha value is -2.30. The number of benzene rings is 1. The van der Waals surface area contributed by atoms with Crippen molar-refractivity contribution in [1.29, 1.82) is 0 Å². The molecule has 27 heavy (non-hydrogen) atoms. The standard InChI is InChI=1S/C16H16ClFN4O4S/c1-16(7-23)6-11(19-26-16)8-4-12(10(18)5-9(8)17)22-13(24)20(2)15(27)21(3)14(22)25/h4-5,23H,6-7H2,1-3H3. The van der Waals surface area contributed by atoms with Gasteiger partial charge in [0.15, 0.2) is 10.4 Å². The van der Waals surface area contributed by atoms with E-state index in [1.54, 1.807) is 6.92 Å². The lowest BCUT2D eigenvalue weighted by Crippen LogP contribution is -2.43. The van der Waals surface area contributed by atoms with Crippen molar-refractivity contribution in [2.24, 2.45) is 19.3 Å². The van der Waals surface area contributed by atoms with Gasteiger partial charge in [0.2, 0.25) is 0 Å². The molecule has 0 aliphatic carbocycles. The molecule has 0 bridgehead atoms. The van der Waals surface area contributed by atoms with Crippen LogP contribution in [0.3, 0.4) is 0 Å². The van der Waals surface area contributed by atoms with Crippen LogP contribution in [0.1, 0.15) is 18.9 Å². The largest absolute Gasteiger partial charge is 0.392 e. The van der Waals surface area contributed by atoms with E-state index in [-0.39, 0.29) is 28.5 Å². The SMILES string of the molecule is Cn1c(=S)n(C)c(=O)n(-c2cc(C3=NOC(C)(CO)C3)c(Cl)cc2F)c1=O. The lowest BCUT2D eigenvalue weighted by atomic mass is 9.96. The number of hydrogen-bond donors (Lipinski definition) is 1. The summed E-state index contributed by atoms with van der Waals surface area (Å²) in [5.74, 6) is -0.857. The molecule has 1 aromatic heterocycles. The lowest BCUT2D eigenvalue weighted by molar-refractivity contribution is -0.0428.